The van der Waals surface area contributed by atoms with Crippen molar-refractivity contribution in [3.05, 3.63) is 58.1 Å². The fourth-order valence-corrected chi connectivity index (χ4v) is 3.22. The minimum Gasteiger partial charge on any atom is -0.332 e. The highest BCUT2D eigenvalue weighted by Gasteiger charge is 2.28. The molecule has 2 amide bonds. The molecular weight excluding hydrogens is 330 g/mol. The summed E-state index contributed by atoms with van der Waals surface area (Å²) < 4.78 is 3.38. The van der Waals surface area contributed by atoms with Gasteiger partial charge in [-0.2, -0.15) is 5.10 Å². The Kier molecular flexibility index (Phi) is 3.99. The van der Waals surface area contributed by atoms with Crippen LogP contribution in [0.3, 0.4) is 0 Å². The number of amides is 2. The number of benzene rings is 1. The number of pyridine rings is 1. The fourth-order valence-electron chi connectivity index (χ4n) is 3.22. The number of rotatable bonds is 4. The van der Waals surface area contributed by atoms with Crippen LogP contribution in [0.15, 0.2) is 41.3 Å². The van der Waals surface area contributed by atoms with E-state index in [4.69, 9.17) is 0 Å². The van der Waals surface area contributed by atoms with Gasteiger partial charge in [-0.15, -0.1) is 0 Å². The van der Waals surface area contributed by atoms with Crippen molar-refractivity contribution in [3.63, 3.8) is 0 Å². The molecule has 3 aromatic rings. The molecule has 0 unspecified atom stereocenters. The van der Waals surface area contributed by atoms with Crippen molar-refractivity contribution in [2.75, 3.05) is 5.32 Å². The van der Waals surface area contributed by atoms with E-state index in [2.05, 4.69) is 15.7 Å². The minimum atomic E-state index is -0.284. The molecule has 134 valence electrons. The Hall–Kier alpha value is -3.09. The third-order valence-corrected chi connectivity index (χ3v) is 4.91. The summed E-state index contributed by atoms with van der Waals surface area (Å²) in [7, 11) is 3.61. The van der Waals surface area contributed by atoms with E-state index in [9.17, 15) is 9.59 Å². The minimum absolute atomic E-state index is 0.0806. The molecule has 2 N–H and O–H groups in total. The Balaban J connectivity index is 1.47. The van der Waals surface area contributed by atoms with E-state index in [1.807, 2.05) is 30.1 Å². The lowest BCUT2D eigenvalue weighted by Crippen LogP contribution is -2.29. The van der Waals surface area contributed by atoms with Crippen LogP contribution >= 0.6 is 0 Å². The van der Waals surface area contributed by atoms with E-state index in [1.165, 1.54) is 24.5 Å². The maximum absolute atomic E-state index is 12.3. The Bertz CT molecular complexity index is 1050. The highest BCUT2D eigenvalue weighted by molar-refractivity contribution is 5.92. The predicted octanol–water partition coefficient (Wildman–Crippen LogP) is 2.47. The highest BCUT2D eigenvalue weighted by Crippen LogP contribution is 2.41. The average molecular weight is 351 g/mol. The van der Waals surface area contributed by atoms with Crippen molar-refractivity contribution in [1.82, 2.24) is 19.7 Å². The first kappa shape index (κ1) is 16.4. The van der Waals surface area contributed by atoms with E-state index < -0.39 is 0 Å². The summed E-state index contributed by atoms with van der Waals surface area (Å²) in [4.78, 5) is 24.1. The summed E-state index contributed by atoms with van der Waals surface area (Å²) in [5, 5.41) is 11.0. The van der Waals surface area contributed by atoms with Crippen LogP contribution in [0.1, 0.15) is 30.0 Å². The first-order valence-electron chi connectivity index (χ1n) is 8.68. The highest BCUT2D eigenvalue weighted by atomic mass is 16.2. The molecule has 1 fully saturated rings. The Morgan fingerprint density at radius 2 is 2.00 bits per heavy atom. The normalized spacial score (nSPS) is 13.8. The van der Waals surface area contributed by atoms with Crippen LogP contribution < -0.4 is 16.2 Å². The third-order valence-electron chi connectivity index (χ3n) is 4.91. The molecule has 26 heavy (non-hydrogen) atoms. The van der Waals surface area contributed by atoms with Gasteiger partial charge in [-0.1, -0.05) is 6.07 Å². The molecule has 0 saturated heterocycles. The zero-order valence-corrected chi connectivity index (χ0v) is 14.8. The number of aromatic nitrogens is 3. The second-order valence-corrected chi connectivity index (χ2v) is 6.76. The Morgan fingerprint density at radius 1 is 1.23 bits per heavy atom. The van der Waals surface area contributed by atoms with E-state index in [0.717, 1.165) is 16.6 Å². The van der Waals surface area contributed by atoms with Gasteiger partial charge >= 0.3 is 6.03 Å². The number of fused-ring (bicyclic) bond motifs is 1. The largest absolute Gasteiger partial charge is 0.332 e. The van der Waals surface area contributed by atoms with Gasteiger partial charge in [0.2, 0.25) is 0 Å². The first-order valence-corrected chi connectivity index (χ1v) is 8.68. The van der Waals surface area contributed by atoms with Gasteiger partial charge in [-0.05, 0) is 47.9 Å². The van der Waals surface area contributed by atoms with Crippen molar-refractivity contribution in [3.8, 4) is 0 Å². The van der Waals surface area contributed by atoms with Gasteiger partial charge < -0.3 is 15.2 Å². The SMILES string of the molecule is Cn1ncc(C2CC2)c1CNC(=O)Nc1ccc2ccc(=O)n(C)c2c1. The van der Waals surface area contributed by atoms with E-state index in [-0.39, 0.29) is 11.6 Å². The smallest absolute Gasteiger partial charge is 0.319 e. The molecule has 2 aromatic heterocycles. The number of urea groups is 1. The lowest BCUT2D eigenvalue weighted by Gasteiger charge is -2.11. The van der Waals surface area contributed by atoms with Gasteiger partial charge in [-0.3, -0.25) is 9.48 Å². The van der Waals surface area contributed by atoms with Gasteiger partial charge in [0.15, 0.2) is 0 Å². The molecule has 4 rings (SSSR count). The maximum atomic E-state index is 12.3. The molecular formula is C19H21N5O2. The lowest BCUT2D eigenvalue weighted by molar-refractivity contribution is 0.251. The number of nitrogens with zero attached hydrogens (tertiary/aromatic N) is 3. The van der Waals surface area contributed by atoms with Crippen LogP contribution in [0.2, 0.25) is 0 Å². The van der Waals surface area contributed by atoms with Crippen LogP contribution in [0.4, 0.5) is 10.5 Å². The molecule has 0 atom stereocenters. The van der Waals surface area contributed by atoms with E-state index in [0.29, 0.717) is 18.2 Å². The summed E-state index contributed by atoms with van der Waals surface area (Å²) in [5.41, 5.74) is 3.61. The Morgan fingerprint density at radius 3 is 2.77 bits per heavy atom. The number of nitrogens with one attached hydrogen (secondary N) is 2. The summed E-state index contributed by atoms with van der Waals surface area (Å²) in [5.74, 6) is 0.588. The average Bonchev–Trinajstić information content (AvgIpc) is 3.40. The maximum Gasteiger partial charge on any atom is 0.319 e. The van der Waals surface area contributed by atoms with Crippen molar-refractivity contribution in [1.29, 1.82) is 0 Å². The molecule has 0 aliphatic heterocycles. The predicted molar refractivity (Wildman–Crippen MR) is 100 cm³/mol. The van der Waals surface area contributed by atoms with Crippen molar-refractivity contribution in [2.45, 2.75) is 25.3 Å². The fraction of sp³-hybridized carbons (Fsp3) is 0.316. The van der Waals surface area contributed by atoms with Crippen LogP contribution in [-0.4, -0.2) is 20.4 Å². The molecule has 0 spiro atoms. The van der Waals surface area contributed by atoms with Crippen LogP contribution in [-0.2, 0) is 20.6 Å². The van der Waals surface area contributed by atoms with E-state index in [1.54, 1.807) is 23.7 Å². The Labute approximate surface area is 150 Å². The second kappa shape index (κ2) is 6.33. The molecule has 1 aromatic carbocycles. The van der Waals surface area contributed by atoms with Gasteiger partial charge in [0.1, 0.15) is 0 Å². The van der Waals surface area contributed by atoms with Crippen molar-refractivity contribution in [2.24, 2.45) is 14.1 Å². The summed E-state index contributed by atoms with van der Waals surface area (Å²) in [6.07, 6.45) is 4.29. The molecule has 0 radical (unpaired) electrons. The number of aryl methyl sites for hydroxylation is 2. The molecule has 1 aliphatic rings. The number of hydrogen-bond donors (Lipinski definition) is 2. The quantitative estimate of drug-likeness (QED) is 0.758. The lowest BCUT2D eigenvalue weighted by atomic mass is 10.1. The molecule has 0 bridgehead atoms. The monoisotopic (exact) mass is 351 g/mol. The van der Waals surface area contributed by atoms with E-state index >= 15 is 0 Å². The van der Waals surface area contributed by atoms with Gasteiger partial charge in [0.05, 0.1) is 24.0 Å². The van der Waals surface area contributed by atoms with Crippen LogP contribution in [0.5, 0.6) is 0 Å². The molecule has 7 heteroatoms. The van der Waals surface area contributed by atoms with Gasteiger partial charge in [-0.25, -0.2) is 4.79 Å². The summed E-state index contributed by atoms with van der Waals surface area (Å²) >= 11 is 0. The standard InChI is InChI=1S/C19H21N5O2/c1-23-16-9-14(7-5-13(16)6-8-18(23)25)22-19(26)20-11-17-15(12-3-4-12)10-21-24(17)2/h5-10,12H,3-4,11H2,1-2H3,(H2,20,22,26). The summed E-state index contributed by atoms with van der Waals surface area (Å²) in [6.45, 7) is 0.431. The number of carbonyl (C=O) groups is 1. The molecule has 7 nitrogen and oxygen atoms in total. The van der Waals surface area contributed by atoms with Crippen molar-refractivity contribution < 1.29 is 4.79 Å². The zero-order valence-electron chi connectivity index (χ0n) is 14.8. The molecule has 1 aliphatic carbocycles. The topological polar surface area (TPSA) is 81.0 Å². The van der Waals surface area contributed by atoms with Gasteiger partial charge in [0.25, 0.3) is 5.56 Å². The number of carbonyl (C=O) groups excluding carboxylic acids is 1. The molecule has 1 saturated carbocycles. The van der Waals surface area contributed by atoms with Crippen molar-refractivity contribution >= 4 is 22.6 Å². The van der Waals surface area contributed by atoms with Gasteiger partial charge in [0, 0.05) is 25.8 Å². The second-order valence-electron chi connectivity index (χ2n) is 6.76. The third kappa shape index (κ3) is 3.08. The number of anilines is 1. The van der Waals surface area contributed by atoms with Crippen LogP contribution in [0, 0.1) is 0 Å². The zero-order chi connectivity index (χ0) is 18.3. The first-order chi connectivity index (χ1) is 12.5. The molecule has 2 heterocycles. The number of hydrogen-bond acceptors (Lipinski definition) is 3. The summed E-state index contributed by atoms with van der Waals surface area (Å²) in [6, 6.07) is 8.54. The van der Waals surface area contributed by atoms with Crippen LogP contribution in [0.25, 0.3) is 10.9 Å².